The highest BCUT2D eigenvalue weighted by Crippen LogP contribution is 2.21. The molecule has 0 heterocycles. The predicted octanol–water partition coefficient (Wildman–Crippen LogP) is 3.94. The van der Waals surface area contributed by atoms with Crippen molar-refractivity contribution in [3.63, 3.8) is 0 Å². The number of nitrogens with one attached hydrogen (secondary N) is 1. The van der Waals surface area contributed by atoms with Crippen molar-refractivity contribution in [3.8, 4) is 0 Å². The van der Waals surface area contributed by atoms with Gasteiger partial charge in [0.2, 0.25) is 0 Å². The fourth-order valence-corrected chi connectivity index (χ4v) is 1.80. The van der Waals surface area contributed by atoms with E-state index in [1.54, 1.807) is 12.1 Å². The van der Waals surface area contributed by atoms with E-state index in [1.165, 1.54) is 6.07 Å². The zero-order chi connectivity index (χ0) is 13.5. The van der Waals surface area contributed by atoms with Crippen molar-refractivity contribution >= 4 is 11.6 Å². The number of hydrogen-bond acceptors (Lipinski definition) is 2. The zero-order valence-corrected chi connectivity index (χ0v) is 11.9. The van der Waals surface area contributed by atoms with Crippen molar-refractivity contribution in [2.45, 2.75) is 39.3 Å². The van der Waals surface area contributed by atoms with Gasteiger partial charge in [0, 0.05) is 0 Å². The molecule has 4 heteroatoms. The van der Waals surface area contributed by atoms with E-state index >= 15 is 0 Å². The van der Waals surface area contributed by atoms with E-state index < -0.39 is 0 Å². The summed E-state index contributed by atoms with van der Waals surface area (Å²) in [7, 11) is 0. The van der Waals surface area contributed by atoms with Crippen LogP contribution in [0.25, 0.3) is 0 Å². The van der Waals surface area contributed by atoms with Crippen LogP contribution in [0.4, 0.5) is 4.39 Å². The van der Waals surface area contributed by atoms with Crippen LogP contribution in [0.15, 0.2) is 18.2 Å². The van der Waals surface area contributed by atoms with Crippen molar-refractivity contribution in [3.05, 3.63) is 34.6 Å². The predicted molar refractivity (Wildman–Crippen MR) is 73.5 cm³/mol. The highest BCUT2D eigenvalue weighted by molar-refractivity contribution is 6.30. The summed E-state index contributed by atoms with van der Waals surface area (Å²) in [5, 5.41) is 3.53. The van der Waals surface area contributed by atoms with E-state index in [2.05, 4.69) is 12.2 Å². The van der Waals surface area contributed by atoms with Crippen molar-refractivity contribution in [1.82, 2.24) is 5.32 Å². The van der Waals surface area contributed by atoms with Gasteiger partial charge in [0.05, 0.1) is 23.8 Å². The Hall–Kier alpha value is -0.640. The molecule has 0 aromatic heterocycles. The van der Waals surface area contributed by atoms with Gasteiger partial charge in [-0.05, 0) is 44.5 Å². The van der Waals surface area contributed by atoms with Crippen LogP contribution in [-0.4, -0.2) is 19.3 Å². The smallest absolute Gasteiger partial charge is 0.141 e. The second-order valence-corrected chi connectivity index (χ2v) is 4.97. The quantitative estimate of drug-likeness (QED) is 0.812. The van der Waals surface area contributed by atoms with Crippen LogP contribution < -0.4 is 5.32 Å². The van der Waals surface area contributed by atoms with Crippen molar-refractivity contribution in [2.24, 2.45) is 0 Å². The van der Waals surface area contributed by atoms with Crippen molar-refractivity contribution in [2.75, 3.05) is 13.2 Å². The number of halogens is 2. The van der Waals surface area contributed by atoms with E-state index in [4.69, 9.17) is 16.3 Å². The molecule has 1 unspecified atom stereocenters. The first kappa shape index (κ1) is 15.4. The van der Waals surface area contributed by atoms with E-state index in [-0.39, 0.29) is 23.0 Å². The lowest BCUT2D eigenvalue weighted by atomic mass is 10.1. The summed E-state index contributed by atoms with van der Waals surface area (Å²) in [5.41, 5.74) is 0.954. The molecular weight excluding hydrogens is 253 g/mol. The maximum Gasteiger partial charge on any atom is 0.141 e. The molecule has 1 aromatic rings. The lowest BCUT2D eigenvalue weighted by Gasteiger charge is -2.20. The van der Waals surface area contributed by atoms with Gasteiger partial charge >= 0.3 is 0 Å². The molecule has 0 aliphatic carbocycles. The first-order chi connectivity index (χ1) is 8.54. The molecule has 0 aliphatic heterocycles. The van der Waals surface area contributed by atoms with Crippen LogP contribution in [-0.2, 0) is 4.74 Å². The van der Waals surface area contributed by atoms with Gasteiger partial charge in [0.15, 0.2) is 0 Å². The van der Waals surface area contributed by atoms with Gasteiger partial charge in [-0.2, -0.15) is 0 Å². The Morgan fingerprint density at radius 3 is 2.67 bits per heavy atom. The molecule has 0 bridgehead atoms. The minimum Gasteiger partial charge on any atom is -0.377 e. The Morgan fingerprint density at radius 1 is 1.39 bits per heavy atom. The first-order valence-electron chi connectivity index (χ1n) is 6.34. The second kappa shape index (κ2) is 7.72. The van der Waals surface area contributed by atoms with Gasteiger partial charge in [-0.25, -0.2) is 4.39 Å². The maximum absolute atomic E-state index is 13.1. The topological polar surface area (TPSA) is 21.3 Å². The van der Waals surface area contributed by atoms with Crippen LogP contribution in [0.5, 0.6) is 0 Å². The average molecular weight is 274 g/mol. The Kier molecular flexibility index (Phi) is 6.61. The Morgan fingerprint density at radius 2 is 2.11 bits per heavy atom. The Bertz CT molecular complexity index is 371. The molecule has 1 atom stereocenters. The van der Waals surface area contributed by atoms with Crippen molar-refractivity contribution in [1.29, 1.82) is 0 Å². The molecule has 1 N–H and O–H groups in total. The number of ether oxygens (including phenoxy) is 1. The summed E-state index contributed by atoms with van der Waals surface area (Å²) in [6.45, 7) is 7.54. The lowest BCUT2D eigenvalue weighted by molar-refractivity contribution is 0.0611. The van der Waals surface area contributed by atoms with Gasteiger partial charge in [-0.15, -0.1) is 0 Å². The standard InChI is InChI=1S/C14H21ClFNO/c1-4-7-17-14(9-18-10(2)3)11-5-6-13(16)12(15)8-11/h5-6,8,10,14,17H,4,7,9H2,1-3H3. The Balaban J connectivity index is 2.76. The third-order valence-corrected chi connectivity index (χ3v) is 2.87. The minimum absolute atomic E-state index is 0.0467. The SMILES string of the molecule is CCCNC(COC(C)C)c1ccc(F)c(Cl)c1. The molecule has 0 saturated carbocycles. The van der Waals surface area contributed by atoms with E-state index in [0.29, 0.717) is 6.61 Å². The third kappa shape index (κ3) is 4.92. The summed E-state index contributed by atoms with van der Waals surface area (Å²) in [4.78, 5) is 0. The van der Waals surface area contributed by atoms with Gasteiger partial charge in [-0.3, -0.25) is 0 Å². The largest absolute Gasteiger partial charge is 0.377 e. The van der Waals surface area contributed by atoms with Gasteiger partial charge in [0.1, 0.15) is 5.82 Å². The second-order valence-electron chi connectivity index (χ2n) is 4.56. The monoisotopic (exact) mass is 273 g/mol. The van der Waals surface area contributed by atoms with Gasteiger partial charge < -0.3 is 10.1 Å². The fourth-order valence-electron chi connectivity index (χ4n) is 1.61. The van der Waals surface area contributed by atoms with E-state index in [9.17, 15) is 4.39 Å². The molecule has 2 nitrogen and oxygen atoms in total. The molecule has 0 aliphatic rings. The lowest BCUT2D eigenvalue weighted by Crippen LogP contribution is -2.27. The van der Waals surface area contributed by atoms with Crippen LogP contribution in [0, 0.1) is 5.82 Å². The summed E-state index contributed by atoms with van der Waals surface area (Å²) in [5.74, 6) is -0.389. The molecule has 1 rings (SSSR count). The Labute approximate surface area is 113 Å². The molecule has 0 amide bonds. The molecular formula is C14H21ClFNO. The normalized spacial score (nSPS) is 13.0. The average Bonchev–Trinajstić information content (AvgIpc) is 2.33. The summed E-state index contributed by atoms with van der Waals surface area (Å²) < 4.78 is 18.8. The summed E-state index contributed by atoms with van der Waals surface area (Å²) >= 11 is 5.81. The van der Waals surface area contributed by atoms with E-state index in [1.807, 2.05) is 13.8 Å². The number of rotatable bonds is 7. The minimum atomic E-state index is -0.389. The van der Waals surface area contributed by atoms with Crippen LogP contribution in [0.2, 0.25) is 5.02 Å². The number of benzene rings is 1. The molecule has 0 spiro atoms. The molecule has 0 saturated heterocycles. The molecule has 0 fully saturated rings. The number of hydrogen-bond donors (Lipinski definition) is 1. The zero-order valence-electron chi connectivity index (χ0n) is 11.2. The highest BCUT2D eigenvalue weighted by atomic mass is 35.5. The highest BCUT2D eigenvalue weighted by Gasteiger charge is 2.13. The van der Waals surface area contributed by atoms with Gasteiger partial charge in [0.25, 0.3) is 0 Å². The van der Waals surface area contributed by atoms with Crippen LogP contribution >= 0.6 is 11.6 Å². The van der Waals surface area contributed by atoms with Crippen molar-refractivity contribution < 1.29 is 9.13 Å². The maximum atomic E-state index is 13.1. The fraction of sp³-hybridized carbons (Fsp3) is 0.571. The molecule has 18 heavy (non-hydrogen) atoms. The van der Waals surface area contributed by atoms with Crippen LogP contribution in [0.1, 0.15) is 38.8 Å². The molecule has 0 radical (unpaired) electrons. The molecule has 102 valence electrons. The first-order valence-corrected chi connectivity index (χ1v) is 6.72. The van der Waals surface area contributed by atoms with Gasteiger partial charge in [-0.1, -0.05) is 24.6 Å². The molecule has 1 aromatic carbocycles. The third-order valence-electron chi connectivity index (χ3n) is 2.58. The summed E-state index contributed by atoms with van der Waals surface area (Å²) in [6, 6.07) is 4.85. The van der Waals surface area contributed by atoms with E-state index in [0.717, 1.165) is 18.5 Å². The summed E-state index contributed by atoms with van der Waals surface area (Å²) in [6.07, 6.45) is 1.21. The van der Waals surface area contributed by atoms with Crippen LogP contribution in [0.3, 0.4) is 0 Å².